The summed E-state index contributed by atoms with van der Waals surface area (Å²) < 4.78 is 5.55. The zero-order valence-corrected chi connectivity index (χ0v) is 10.6. The molecule has 0 saturated carbocycles. The lowest BCUT2D eigenvalue weighted by Crippen LogP contribution is -1.98. The van der Waals surface area contributed by atoms with Gasteiger partial charge in [-0.1, -0.05) is 6.92 Å². The molecule has 2 aromatic rings. The van der Waals surface area contributed by atoms with E-state index in [9.17, 15) is 9.90 Å². The van der Waals surface area contributed by atoms with Gasteiger partial charge < -0.3 is 9.84 Å². The van der Waals surface area contributed by atoms with Crippen LogP contribution in [0.5, 0.6) is 11.5 Å². The smallest absolute Gasteiger partial charge is 0.194 e. The Labute approximate surface area is 111 Å². The first-order valence-electron chi connectivity index (χ1n) is 6.35. The zero-order valence-electron chi connectivity index (χ0n) is 10.6. The van der Waals surface area contributed by atoms with E-state index in [1.54, 1.807) is 18.2 Å². The minimum absolute atomic E-state index is 0.0529. The molecular formula is C16H14O3. The van der Waals surface area contributed by atoms with Gasteiger partial charge in [0.1, 0.15) is 11.5 Å². The van der Waals surface area contributed by atoms with Crippen molar-refractivity contribution in [3.8, 4) is 22.6 Å². The molecule has 0 amide bonds. The molecule has 0 atom stereocenters. The second kappa shape index (κ2) is 4.43. The lowest BCUT2D eigenvalue weighted by Gasteiger charge is -2.06. The highest BCUT2D eigenvalue weighted by Crippen LogP contribution is 2.39. The number of hydrogen-bond acceptors (Lipinski definition) is 3. The van der Waals surface area contributed by atoms with Gasteiger partial charge in [-0.3, -0.25) is 4.79 Å². The Hall–Kier alpha value is -2.29. The molecular weight excluding hydrogens is 240 g/mol. The molecule has 19 heavy (non-hydrogen) atoms. The SMILES string of the molecule is CCCOc1ccc2c(c1)C(=O)c1cc(O)ccc1-2. The van der Waals surface area contributed by atoms with Crippen molar-refractivity contribution in [2.75, 3.05) is 6.61 Å². The van der Waals surface area contributed by atoms with Crippen molar-refractivity contribution < 1.29 is 14.6 Å². The summed E-state index contributed by atoms with van der Waals surface area (Å²) in [5.74, 6) is 0.774. The lowest BCUT2D eigenvalue weighted by molar-refractivity contribution is 0.104. The van der Waals surface area contributed by atoms with Crippen LogP contribution in [0.2, 0.25) is 0 Å². The second-order valence-corrected chi connectivity index (χ2v) is 4.61. The first-order chi connectivity index (χ1) is 9.20. The van der Waals surface area contributed by atoms with E-state index in [2.05, 4.69) is 0 Å². The molecule has 3 heteroatoms. The first-order valence-corrected chi connectivity index (χ1v) is 6.35. The number of aromatic hydroxyl groups is 1. The van der Waals surface area contributed by atoms with Crippen molar-refractivity contribution in [1.82, 2.24) is 0 Å². The van der Waals surface area contributed by atoms with Crippen LogP contribution in [-0.4, -0.2) is 17.5 Å². The second-order valence-electron chi connectivity index (χ2n) is 4.61. The van der Waals surface area contributed by atoms with Gasteiger partial charge in [0, 0.05) is 11.1 Å². The van der Waals surface area contributed by atoms with Gasteiger partial charge in [0.2, 0.25) is 0 Å². The summed E-state index contributed by atoms with van der Waals surface area (Å²) in [6.45, 7) is 2.68. The molecule has 0 spiro atoms. The quantitative estimate of drug-likeness (QED) is 0.779. The van der Waals surface area contributed by atoms with Crippen molar-refractivity contribution in [3.63, 3.8) is 0 Å². The highest BCUT2D eigenvalue weighted by molar-refractivity contribution is 6.22. The Bertz CT molecular complexity index is 659. The van der Waals surface area contributed by atoms with Crippen molar-refractivity contribution in [1.29, 1.82) is 0 Å². The summed E-state index contributed by atoms with van der Waals surface area (Å²) in [5, 5.41) is 9.49. The van der Waals surface area contributed by atoms with Gasteiger partial charge in [-0.05, 0) is 53.9 Å². The third-order valence-corrected chi connectivity index (χ3v) is 3.25. The molecule has 0 unspecified atom stereocenters. The van der Waals surface area contributed by atoms with Crippen molar-refractivity contribution >= 4 is 5.78 Å². The summed E-state index contributed by atoms with van der Waals surface area (Å²) in [6.07, 6.45) is 0.930. The van der Waals surface area contributed by atoms with Crippen LogP contribution < -0.4 is 4.74 Å². The fourth-order valence-corrected chi connectivity index (χ4v) is 2.36. The topological polar surface area (TPSA) is 46.5 Å². The Balaban J connectivity index is 2.06. The number of fused-ring (bicyclic) bond motifs is 3. The van der Waals surface area contributed by atoms with Gasteiger partial charge >= 0.3 is 0 Å². The lowest BCUT2D eigenvalue weighted by atomic mass is 10.1. The maximum atomic E-state index is 12.3. The van der Waals surface area contributed by atoms with E-state index in [4.69, 9.17) is 4.74 Å². The molecule has 0 bridgehead atoms. The van der Waals surface area contributed by atoms with Gasteiger partial charge in [0.05, 0.1) is 6.61 Å². The minimum atomic E-state index is -0.0529. The molecule has 0 fully saturated rings. The molecule has 2 aromatic carbocycles. The number of ketones is 1. The van der Waals surface area contributed by atoms with Crippen LogP contribution in [0.25, 0.3) is 11.1 Å². The van der Waals surface area contributed by atoms with Crippen molar-refractivity contribution in [3.05, 3.63) is 47.5 Å². The molecule has 0 aromatic heterocycles. The van der Waals surface area contributed by atoms with Crippen LogP contribution in [-0.2, 0) is 0 Å². The van der Waals surface area contributed by atoms with E-state index in [1.807, 2.05) is 19.1 Å². The highest BCUT2D eigenvalue weighted by atomic mass is 16.5. The maximum Gasteiger partial charge on any atom is 0.194 e. The van der Waals surface area contributed by atoms with E-state index in [1.165, 1.54) is 6.07 Å². The Kier molecular flexibility index (Phi) is 2.75. The molecule has 3 nitrogen and oxygen atoms in total. The third-order valence-electron chi connectivity index (χ3n) is 3.25. The van der Waals surface area contributed by atoms with E-state index in [0.717, 1.165) is 17.5 Å². The highest BCUT2D eigenvalue weighted by Gasteiger charge is 2.27. The number of phenols is 1. The van der Waals surface area contributed by atoms with E-state index in [0.29, 0.717) is 23.5 Å². The Morgan fingerprint density at radius 3 is 2.42 bits per heavy atom. The van der Waals surface area contributed by atoms with Crippen LogP contribution >= 0.6 is 0 Å². The molecule has 1 N–H and O–H groups in total. The average Bonchev–Trinajstić information content (AvgIpc) is 2.69. The maximum absolute atomic E-state index is 12.3. The number of ether oxygens (including phenoxy) is 1. The average molecular weight is 254 g/mol. The van der Waals surface area contributed by atoms with Gasteiger partial charge in [0.25, 0.3) is 0 Å². The van der Waals surface area contributed by atoms with Crippen LogP contribution in [0.4, 0.5) is 0 Å². The number of benzene rings is 2. The monoisotopic (exact) mass is 254 g/mol. The molecule has 0 radical (unpaired) electrons. The fraction of sp³-hybridized carbons (Fsp3) is 0.188. The van der Waals surface area contributed by atoms with Crippen LogP contribution in [0.3, 0.4) is 0 Å². The van der Waals surface area contributed by atoms with Gasteiger partial charge in [0.15, 0.2) is 5.78 Å². The van der Waals surface area contributed by atoms with Gasteiger partial charge in [-0.25, -0.2) is 0 Å². The molecule has 0 saturated heterocycles. The molecule has 3 rings (SSSR count). The van der Waals surface area contributed by atoms with Crippen molar-refractivity contribution in [2.45, 2.75) is 13.3 Å². The number of carbonyl (C=O) groups excluding carboxylic acids is 1. The molecule has 96 valence electrons. The Morgan fingerprint density at radius 2 is 1.68 bits per heavy atom. The number of hydrogen-bond donors (Lipinski definition) is 1. The van der Waals surface area contributed by atoms with Crippen molar-refractivity contribution in [2.24, 2.45) is 0 Å². The Morgan fingerprint density at radius 1 is 1.00 bits per heavy atom. The summed E-state index contributed by atoms with van der Waals surface area (Å²) >= 11 is 0. The van der Waals surface area contributed by atoms with Crippen LogP contribution in [0.1, 0.15) is 29.3 Å². The molecule has 0 aliphatic heterocycles. The third kappa shape index (κ3) is 1.87. The van der Waals surface area contributed by atoms with E-state index >= 15 is 0 Å². The van der Waals surface area contributed by atoms with E-state index < -0.39 is 0 Å². The van der Waals surface area contributed by atoms with Gasteiger partial charge in [-0.15, -0.1) is 0 Å². The van der Waals surface area contributed by atoms with Gasteiger partial charge in [-0.2, -0.15) is 0 Å². The fourth-order valence-electron chi connectivity index (χ4n) is 2.36. The summed E-state index contributed by atoms with van der Waals surface area (Å²) in [7, 11) is 0. The largest absolute Gasteiger partial charge is 0.508 e. The summed E-state index contributed by atoms with van der Waals surface area (Å²) in [5.41, 5.74) is 2.99. The summed E-state index contributed by atoms with van der Waals surface area (Å²) in [6, 6.07) is 10.5. The normalized spacial score (nSPS) is 12.2. The number of carbonyl (C=O) groups is 1. The predicted molar refractivity (Wildman–Crippen MR) is 72.8 cm³/mol. The standard InChI is InChI=1S/C16H14O3/c1-2-7-19-11-4-6-13-12-5-3-10(17)8-14(12)16(18)15(13)9-11/h3-6,8-9,17H,2,7H2,1H3. The molecule has 1 aliphatic rings. The van der Waals surface area contributed by atoms with E-state index in [-0.39, 0.29) is 11.5 Å². The first kappa shape index (κ1) is 11.8. The summed E-state index contributed by atoms with van der Waals surface area (Å²) in [4.78, 5) is 12.3. The molecule has 0 heterocycles. The minimum Gasteiger partial charge on any atom is -0.508 e. The van der Waals surface area contributed by atoms with Crippen LogP contribution in [0.15, 0.2) is 36.4 Å². The molecule has 1 aliphatic carbocycles. The number of rotatable bonds is 3. The zero-order chi connectivity index (χ0) is 13.4. The number of phenolic OH excluding ortho intramolecular Hbond substituents is 1. The van der Waals surface area contributed by atoms with Crippen LogP contribution in [0, 0.1) is 0 Å². The predicted octanol–water partition coefficient (Wildman–Crippen LogP) is 3.39.